The van der Waals surface area contributed by atoms with Gasteiger partial charge in [-0.15, -0.1) is 0 Å². The maximum Gasteiger partial charge on any atom is 0.273 e. The first kappa shape index (κ1) is 17.9. The van der Waals surface area contributed by atoms with Gasteiger partial charge in [0.15, 0.2) is 0 Å². The van der Waals surface area contributed by atoms with Gasteiger partial charge in [-0.25, -0.2) is 13.1 Å². The van der Waals surface area contributed by atoms with Crippen LogP contribution in [-0.2, 0) is 10.0 Å². The highest BCUT2D eigenvalue weighted by atomic mass is 32.2. The summed E-state index contributed by atoms with van der Waals surface area (Å²) in [5.74, 6) is 0. The van der Waals surface area contributed by atoms with E-state index >= 15 is 0 Å². The second-order valence-corrected chi connectivity index (χ2v) is 7.28. The molecule has 2 atom stereocenters. The first-order valence-corrected chi connectivity index (χ1v) is 8.91. The summed E-state index contributed by atoms with van der Waals surface area (Å²) in [7, 11) is -3.89. The zero-order chi connectivity index (χ0) is 16.2. The number of hydrogen-bond acceptors (Lipinski definition) is 6. The largest absolute Gasteiger partial charge is 0.395 e. The Bertz CT molecular complexity index is 614. The number of hydrogen-bond donors (Lipinski definition) is 2. The number of nitro benzene ring substituents is 1. The van der Waals surface area contributed by atoms with Gasteiger partial charge >= 0.3 is 0 Å². The molecule has 0 heterocycles. The zero-order valence-electron chi connectivity index (χ0n) is 11.9. The van der Waals surface area contributed by atoms with Crippen LogP contribution in [0.1, 0.15) is 12.5 Å². The standard InChI is InChI=1S/C12H18N2O5S2/c1-8-10(14(16)17)5-4-6-12(8)21(18,19)13-9(2)11(7-15)20-3/h4-6,9,11,13,15H,7H2,1-3H3. The Morgan fingerprint density at radius 3 is 2.57 bits per heavy atom. The molecule has 0 saturated heterocycles. The van der Waals surface area contributed by atoms with Gasteiger partial charge in [0, 0.05) is 22.9 Å². The maximum atomic E-state index is 12.3. The number of sulfonamides is 1. The van der Waals surface area contributed by atoms with Crippen LogP contribution in [0.3, 0.4) is 0 Å². The number of nitro groups is 1. The van der Waals surface area contributed by atoms with Crippen LogP contribution in [0, 0.1) is 17.0 Å². The van der Waals surface area contributed by atoms with Crippen LogP contribution in [0.2, 0.25) is 0 Å². The third-order valence-electron chi connectivity index (χ3n) is 3.12. The van der Waals surface area contributed by atoms with E-state index in [9.17, 15) is 23.6 Å². The molecule has 118 valence electrons. The minimum absolute atomic E-state index is 0.0897. The zero-order valence-corrected chi connectivity index (χ0v) is 13.6. The van der Waals surface area contributed by atoms with E-state index in [4.69, 9.17) is 0 Å². The van der Waals surface area contributed by atoms with Crippen molar-refractivity contribution in [1.82, 2.24) is 4.72 Å². The van der Waals surface area contributed by atoms with Crippen molar-refractivity contribution in [1.29, 1.82) is 0 Å². The van der Waals surface area contributed by atoms with Crippen molar-refractivity contribution < 1.29 is 18.4 Å². The summed E-state index contributed by atoms with van der Waals surface area (Å²) in [5.41, 5.74) is -0.152. The van der Waals surface area contributed by atoms with Gasteiger partial charge in [-0.05, 0) is 26.2 Å². The van der Waals surface area contributed by atoms with E-state index < -0.39 is 21.0 Å². The third kappa shape index (κ3) is 4.16. The normalized spacial score (nSPS) is 14.7. The smallest absolute Gasteiger partial charge is 0.273 e. The van der Waals surface area contributed by atoms with Crippen LogP contribution >= 0.6 is 11.8 Å². The van der Waals surface area contributed by atoms with E-state index in [2.05, 4.69) is 4.72 Å². The summed E-state index contributed by atoms with van der Waals surface area (Å²) in [4.78, 5) is 10.1. The molecule has 0 spiro atoms. The highest BCUT2D eigenvalue weighted by Crippen LogP contribution is 2.25. The van der Waals surface area contributed by atoms with E-state index in [0.29, 0.717) is 0 Å². The quantitative estimate of drug-likeness (QED) is 0.574. The summed E-state index contributed by atoms with van der Waals surface area (Å²) in [6.45, 7) is 2.87. The van der Waals surface area contributed by atoms with Crippen LogP contribution < -0.4 is 4.72 Å². The Labute approximate surface area is 128 Å². The molecule has 1 aromatic carbocycles. The molecule has 2 N–H and O–H groups in total. The molecule has 9 heteroatoms. The monoisotopic (exact) mass is 334 g/mol. The van der Waals surface area contributed by atoms with Gasteiger partial charge in [0.2, 0.25) is 10.0 Å². The van der Waals surface area contributed by atoms with E-state index in [1.165, 1.54) is 36.9 Å². The molecule has 0 aliphatic heterocycles. The highest BCUT2D eigenvalue weighted by molar-refractivity contribution is 7.99. The predicted molar refractivity (Wildman–Crippen MR) is 82.0 cm³/mol. The number of benzene rings is 1. The van der Waals surface area contributed by atoms with Crippen molar-refractivity contribution in [3.63, 3.8) is 0 Å². The van der Waals surface area contributed by atoms with Gasteiger partial charge in [-0.2, -0.15) is 11.8 Å². The molecule has 0 radical (unpaired) electrons. The molecule has 21 heavy (non-hydrogen) atoms. The first-order valence-electron chi connectivity index (χ1n) is 6.14. The number of nitrogens with zero attached hydrogens (tertiary/aromatic N) is 1. The summed E-state index contributed by atoms with van der Waals surface area (Å²) in [6.07, 6.45) is 1.77. The highest BCUT2D eigenvalue weighted by Gasteiger charge is 2.26. The molecule has 7 nitrogen and oxygen atoms in total. The van der Waals surface area contributed by atoms with Crippen molar-refractivity contribution >= 4 is 27.5 Å². The van der Waals surface area contributed by atoms with Crippen LogP contribution in [-0.4, -0.2) is 42.6 Å². The molecule has 0 aliphatic carbocycles. The number of thioether (sulfide) groups is 1. The van der Waals surface area contributed by atoms with Gasteiger partial charge in [-0.1, -0.05) is 6.07 Å². The van der Waals surface area contributed by atoms with Crippen LogP contribution in [0.15, 0.2) is 23.1 Å². The maximum absolute atomic E-state index is 12.3. The Kier molecular flexibility index (Phi) is 6.14. The molecular formula is C12H18N2O5S2. The number of aliphatic hydroxyl groups excluding tert-OH is 1. The summed E-state index contributed by atoms with van der Waals surface area (Å²) in [6, 6.07) is 3.41. The lowest BCUT2D eigenvalue weighted by atomic mass is 10.2. The topological polar surface area (TPSA) is 110 Å². The molecule has 2 unspecified atom stereocenters. The fraction of sp³-hybridized carbons (Fsp3) is 0.500. The molecule has 1 rings (SSSR count). The minimum atomic E-state index is -3.89. The van der Waals surface area contributed by atoms with Crippen LogP contribution in [0.5, 0.6) is 0 Å². The Morgan fingerprint density at radius 2 is 2.10 bits per heavy atom. The van der Waals surface area contributed by atoms with Gasteiger partial charge in [0.25, 0.3) is 5.69 Å². The summed E-state index contributed by atoms with van der Waals surface area (Å²) in [5, 5.41) is 19.8. The van der Waals surface area contributed by atoms with Crippen molar-refractivity contribution in [2.24, 2.45) is 0 Å². The minimum Gasteiger partial charge on any atom is -0.395 e. The van der Waals surface area contributed by atoms with E-state index in [0.717, 1.165) is 0 Å². The molecule has 0 aliphatic rings. The lowest BCUT2D eigenvalue weighted by molar-refractivity contribution is -0.385. The number of aliphatic hydroxyl groups is 1. The van der Waals surface area contributed by atoms with Crippen molar-refractivity contribution in [2.45, 2.75) is 30.0 Å². The van der Waals surface area contributed by atoms with Crippen LogP contribution in [0.25, 0.3) is 0 Å². The summed E-state index contributed by atoms with van der Waals surface area (Å²) < 4.78 is 27.2. The van der Waals surface area contributed by atoms with E-state index in [-0.39, 0.29) is 28.0 Å². The second kappa shape index (κ2) is 7.21. The fourth-order valence-electron chi connectivity index (χ4n) is 1.91. The molecule has 0 saturated carbocycles. The Hall–Kier alpha value is -1.16. The molecule has 0 bridgehead atoms. The van der Waals surface area contributed by atoms with Crippen molar-refractivity contribution in [3.05, 3.63) is 33.9 Å². The average Bonchev–Trinajstić information content (AvgIpc) is 2.39. The Morgan fingerprint density at radius 1 is 1.48 bits per heavy atom. The number of nitrogens with one attached hydrogen (secondary N) is 1. The SMILES string of the molecule is CSC(CO)C(C)NS(=O)(=O)c1cccc([N+](=O)[O-])c1C. The van der Waals surface area contributed by atoms with Crippen LogP contribution in [0.4, 0.5) is 5.69 Å². The lowest BCUT2D eigenvalue weighted by Crippen LogP contribution is -2.41. The predicted octanol–water partition coefficient (Wildman–Crippen LogP) is 1.29. The van der Waals surface area contributed by atoms with Gasteiger partial charge in [0.05, 0.1) is 16.4 Å². The Balaban J connectivity index is 3.15. The lowest BCUT2D eigenvalue weighted by Gasteiger charge is -2.21. The van der Waals surface area contributed by atoms with E-state index in [1.807, 2.05) is 0 Å². The van der Waals surface area contributed by atoms with Gasteiger partial charge < -0.3 is 5.11 Å². The molecular weight excluding hydrogens is 316 g/mol. The number of rotatable bonds is 7. The van der Waals surface area contributed by atoms with Gasteiger partial charge in [-0.3, -0.25) is 10.1 Å². The second-order valence-electron chi connectivity index (χ2n) is 4.52. The molecule has 0 fully saturated rings. The summed E-state index contributed by atoms with van der Waals surface area (Å²) >= 11 is 1.34. The molecule has 0 aromatic heterocycles. The average molecular weight is 334 g/mol. The molecule has 1 aromatic rings. The first-order chi connectivity index (χ1) is 9.74. The molecule has 0 amide bonds. The van der Waals surface area contributed by atoms with Gasteiger partial charge in [0.1, 0.15) is 0 Å². The van der Waals surface area contributed by atoms with Crippen molar-refractivity contribution in [2.75, 3.05) is 12.9 Å². The third-order valence-corrected chi connectivity index (χ3v) is 5.99. The van der Waals surface area contributed by atoms with Crippen molar-refractivity contribution in [3.8, 4) is 0 Å². The van der Waals surface area contributed by atoms with E-state index in [1.54, 1.807) is 13.2 Å². The fourth-order valence-corrected chi connectivity index (χ4v) is 4.17.